The summed E-state index contributed by atoms with van der Waals surface area (Å²) in [5.74, 6) is 0.837. The number of para-hydroxylation sites is 1. The topological polar surface area (TPSA) is 30.7 Å². The van der Waals surface area contributed by atoms with Crippen LogP contribution < -0.4 is 0 Å². The maximum Gasteiger partial charge on any atom is 0.224 e. The molecule has 28 heavy (non-hydrogen) atoms. The largest absolute Gasteiger partial charge is 0.293 e. The first-order chi connectivity index (χ1) is 13.8. The number of halogens is 1. The van der Waals surface area contributed by atoms with Gasteiger partial charge in [0.15, 0.2) is 5.82 Å². The molecule has 0 aliphatic heterocycles. The molecule has 3 aromatic carbocycles. The van der Waals surface area contributed by atoms with E-state index < -0.39 is 0 Å². The normalized spacial score (nSPS) is 13.5. The lowest BCUT2D eigenvalue weighted by Crippen LogP contribution is -2.04. The lowest BCUT2D eigenvalue weighted by Gasteiger charge is -2.13. The molecule has 0 unspecified atom stereocenters. The lowest BCUT2D eigenvalue weighted by atomic mass is 9.99. The molecule has 6 rings (SSSR count). The molecule has 2 heterocycles. The first-order valence-electron chi connectivity index (χ1n) is 9.45. The van der Waals surface area contributed by atoms with Crippen LogP contribution in [0, 0.1) is 0 Å². The molecule has 0 bridgehead atoms. The van der Waals surface area contributed by atoms with E-state index in [9.17, 15) is 0 Å². The molecule has 1 aliphatic rings. The van der Waals surface area contributed by atoms with Crippen molar-refractivity contribution in [1.29, 1.82) is 0 Å². The van der Waals surface area contributed by atoms with Crippen molar-refractivity contribution in [3.8, 4) is 5.82 Å². The van der Waals surface area contributed by atoms with Crippen molar-refractivity contribution in [1.82, 2.24) is 14.5 Å². The van der Waals surface area contributed by atoms with Crippen molar-refractivity contribution in [3.05, 3.63) is 83.3 Å². The monoisotopic (exact) mass is 381 g/mol. The van der Waals surface area contributed by atoms with Crippen LogP contribution in [0.5, 0.6) is 0 Å². The number of nitrogens with zero attached hydrogens (tertiary/aromatic N) is 3. The Labute approximate surface area is 166 Å². The average molecular weight is 382 g/mol. The molecule has 0 radical (unpaired) electrons. The van der Waals surface area contributed by atoms with Gasteiger partial charge in [0.1, 0.15) is 0 Å². The number of hydrogen-bond acceptors (Lipinski definition) is 2. The Kier molecular flexibility index (Phi) is 3.35. The Balaban J connectivity index is 1.82. The summed E-state index contributed by atoms with van der Waals surface area (Å²) in [6.07, 6.45) is 6.55. The van der Waals surface area contributed by atoms with Crippen LogP contribution in [0.1, 0.15) is 17.7 Å². The van der Waals surface area contributed by atoms with Crippen molar-refractivity contribution in [2.24, 2.45) is 0 Å². The van der Waals surface area contributed by atoms with E-state index in [2.05, 4.69) is 69.2 Å². The summed E-state index contributed by atoms with van der Waals surface area (Å²) in [5.41, 5.74) is 4.59. The molecular formula is C24H16ClN3. The first-order valence-corrected chi connectivity index (χ1v) is 9.83. The van der Waals surface area contributed by atoms with Gasteiger partial charge in [0.2, 0.25) is 5.28 Å². The second-order valence-electron chi connectivity index (χ2n) is 7.19. The van der Waals surface area contributed by atoms with Crippen molar-refractivity contribution in [2.45, 2.75) is 12.8 Å². The number of allylic oxidation sites excluding steroid dienone is 1. The summed E-state index contributed by atoms with van der Waals surface area (Å²) in [4.78, 5) is 9.08. The van der Waals surface area contributed by atoms with Gasteiger partial charge < -0.3 is 0 Å². The van der Waals surface area contributed by atoms with E-state index in [0.29, 0.717) is 0 Å². The van der Waals surface area contributed by atoms with Crippen LogP contribution in [0.15, 0.2) is 66.7 Å². The van der Waals surface area contributed by atoms with Gasteiger partial charge in [-0.25, -0.2) is 4.98 Å². The Morgan fingerprint density at radius 1 is 0.857 bits per heavy atom. The van der Waals surface area contributed by atoms with Crippen molar-refractivity contribution >= 4 is 50.3 Å². The van der Waals surface area contributed by atoms with Gasteiger partial charge in [-0.1, -0.05) is 42.5 Å². The third-order valence-corrected chi connectivity index (χ3v) is 5.75. The van der Waals surface area contributed by atoms with Crippen molar-refractivity contribution in [3.63, 3.8) is 0 Å². The van der Waals surface area contributed by atoms with E-state index in [1.165, 1.54) is 27.4 Å². The molecule has 134 valence electrons. The fourth-order valence-electron chi connectivity index (χ4n) is 4.35. The zero-order valence-corrected chi connectivity index (χ0v) is 15.8. The van der Waals surface area contributed by atoms with Gasteiger partial charge in [-0.3, -0.25) is 4.57 Å². The highest BCUT2D eigenvalue weighted by atomic mass is 35.5. The minimum absolute atomic E-state index is 0.268. The molecule has 1 aliphatic carbocycles. The predicted octanol–water partition coefficient (Wildman–Crippen LogP) is 6.34. The minimum atomic E-state index is 0.268. The highest BCUT2D eigenvalue weighted by Crippen LogP contribution is 2.37. The van der Waals surface area contributed by atoms with E-state index in [1.807, 2.05) is 18.2 Å². The van der Waals surface area contributed by atoms with Gasteiger partial charge in [-0.2, -0.15) is 4.98 Å². The van der Waals surface area contributed by atoms with Gasteiger partial charge in [0.25, 0.3) is 0 Å². The maximum absolute atomic E-state index is 6.32. The molecule has 0 amide bonds. The summed E-state index contributed by atoms with van der Waals surface area (Å²) in [6, 6.07) is 21.1. The fourth-order valence-corrected chi connectivity index (χ4v) is 4.52. The molecule has 2 aromatic heterocycles. The Morgan fingerprint density at radius 2 is 1.64 bits per heavy atom. The van der Waals surface area contributed by atoms with E-state index in [-0.39, 0.29) is 5.28 Å². The number of hydrogen-bond donors (Lipinski definition) is 0. The van der Waals surface area contributed by atoms with Crippen LogP contribution in [-0.2, 0) is 6.42 Å². The molecule has 0 fully saturated rings. The summed E-state index contributed by atoms with van der Waals surface area (Å²) < 4.78 is 2.25. The standard InChI is InChI=1S/C24H16ClN3/c25-24-26-20-11-5-3-10-18(20)23(27-24)28-21-12-6-4-9-17(21)19-13-15-7-1-2-8-16(15)14-22(19)28/h1-3,5-8,10-14H,4,9H2. The Hall–Kier alpha value is -3.17. The Morgan fingerprint density at radius 3 is 2.54 bits per heavy atom. The van der Waals surface area contributed by atoms with E-state index >= 15 is 0 Å². The highest BCUT2D eigenvalue weighted by Gasteiger charge is 2.21. The van der Waals surface area contributed by atoms with Crippen molar-refractivity contribution < 1.29 is 0 Å². The number of fused-ring (bicyclic) bond motifs is 5. The molecule has 5 aromatic rings. The summed E-state index contributed by atoms with van der Waals surface area (Å²) in [5, 5.41) is 5.04. The van der Waals surface area contributed by atoms with Crippen molar-refractivity contribution in [2.75, 3.05) is 0 Å². The molecular weight excluding hydrogens is 366 g/mol. The Bertz CT molecular complexity index is 1430. The SMILES string of the molecule is Clc1nc(-n2c3c(c4cc5ccccc5cc42)CCC=C3)c2ccccc2n1. The van der Waals surface area contributed by atoms with Gasteiger partial charge in [-0.15, -0.1) is 0 Å². The number of aryl methyl sites for hydroxylation is 1. The molecule has 0 spiro atoms. The van der Waals surface area contributed by atoms with E-state index in [1.54, 1.807) is 0 Å². The second kappa shape index (κ2) is 5.91. The highest BCUT2D eigenvalue weighted by molar-refractivity contribution is 6.28. The smallest absolute Gasteiger partial charge is 0.224 e. The average Bonchev–Trinajstić information content (AvgIpc) is 3.05. The molecule has 0 atom stereocenters. The van der Waals surface area contributed by atoms with Crippen LogP contribution >= 0.6 is 11.6 Å². The van der Waals surface area contributed by atoms with Gasteiger partial charge in [0, 0.05) is 10.8 Å². The molecule has 0 N–H and O–H groups in total. The third-order valence-electron chi connectivity index (χ3n) is 5.58. The molecule has 0 saturated carbocycles. The second-order valence-corrected chi connectivity index (χ2v) is 7.53. The van der Waals surface area contributed by atoms with E-state index in [4.69, 9.17) is 11.6 Å². The fraction of sp³-hybridized carbons (Fsp3) is 0.0833. The van der Waals surface area contributed by atoms with Gasteiger partial charge >= 0.3 is 0 Å². The summed E-state index contributed by atoms with van der Waals surface area (Å²) >= 11 is 6.32. The lowest BCUT2D eigenvalue weighted by molar-refractivity contribution is 0.953. The zero-order valence-electron chi connectivity index (χ0n) is 15.1. The summed E-state index contributed by atoms with van der Waals surface area (Å²) in [6.45, 7) is 0. The quantitative estimate of drug-likeness (QED) is 0.317. The van der Waals surface area contributed by atoms with Crippen LogP contribution in [-0.4, -0.2) is 14.5 Å². The first kappa shape index (κ1) is 15.8. The van der Waals surface area contributed by atoms with Crippen LogP contribution in [0.3, 0.4) is 0 Å². The number of benzene rings is 3. The third kappa shape index (κ3) is 2.23. The number of rotatable bonds is 1. The predicted molar refractivity (Wildman–Crippen MR) is 116 cm³/mol. The van der Waals surface area contributed by atoms with Crippen LogP contribution in [0.2, 0.25) is 5.28 Å². The minimum Gasteiger partial charge on any atom is -0.293 e. The summed E-state index contributed by atoms with van der Waals surface area (Å²) in [7, 11) is 0. The van der Waals surface area contributed by atoms with Gasteiger partial charge in [0.05, 0.1) is 16.7 Å². The van der Waals surface area contributed by atoms with Gasteiger partial charge in [-0.05, 0) is 71.1 Å². The van der Waals surface area contributed by atoms with E-state index in [0.717, 1.165) is 35.1 Å². The number of aromatic nitrogens is 3. The maximum atomic E-state index is 6.32. The zero-order chi connectivity index (χ0) is 18.7. The molecule has 4 heteroatoms. The molecule has 0 saturated heterocycles. The molecule has 3 nitrogen and oxygen atoms in total. The van der Waals surface area contributed by atoms with Crippen LogP contribution in [0.4, 0.5) is 0 Å². The van der Waals surface area contributed by atoms with Crippen LogP contribution in [0.25, 0.3) is 44.5 Å².